The van der Waals surface area contributed by atoms with Crippen molar-refractivity contribution in [3.63, 3.8) is 0 Å². The van der Waals surface area contributed by atoms with Crippen molar-refractivity contribution in [3.05, 3.63) is 6.42 Å². The molecule has 1 heterocycles. The number of likely N-dealkylation sites (tertiary alicyclic amines) is 1. The van der Waals surface area contributed by atoms with Crippen molar-refractivity contribution in [2.24, 2.45) is 5.73 Å². The molecule has 1 aliphatic heterocycles. The van der Waals surface area contributed by atoms with Crippen molar-refractivity contribution < 1.29 is 18.0 Å². The summed E-state index contributed by atoms with van der Waals surface area (Å²) in [6.45, 7) is 0.247. The molecule has 2 N–H and O–H groups in total. The van der Waals surface area contributed by atoms with Crippen molar-refractivity contribution in [2.45, 2.75) is 18.6 Å². The van der Waals surface area contributed by atoms with Gasteiger partial charge in [0.1, 0.15) is 0 Å². The summed E-state index contributed by atoms with van der Waals surface area (Å²) in [5.41, 5.74) is 4.93. The maximum Gasteiger partial charge on any atom is 0.390 e. The summed E-state index contributed by atoms with van der Waals surface area (Å²) in [6, 6.07) is -0.609. The summed E-state index contributed by atoms with van der Waals surface area (Å²) in [5, 5.41) is 0. The number of rotatable bonds is 3. The maximum atomic E-state index is 11.8. The fourth-order valence-corrected chi connectivity index (χ4v) is 1.16. The van der Waals surface area contributed by atoms with Crippen LogP contribution in [0.25, 0.3) is 0 Å². The van der Waals surface area contributed by atoms with Crippen LogP contribution in [0.2, 0.25) is 0 Å². The van der Waals surface area contributed by atoms with Crippen LogP contribution in [-0.2, 0) is 4.79 Å². The Labute approximate surface area is 73.7 Å². The van der Waals surface area contributed by atoms with Crippen LogP contribution in [0.15, 0.2) is 0 Å². The van der Waals surface area contributed by atoms with Gasteiger partial charge in [-0.3, -0.25) is 9.69 Å². The van der Waals surface area contributed by atoms with Crippen molar-refractivity contribution in [2.75, 3.05) is 13.1 Å². The SMILES string of the molecule is NC(=O)C1[CH]CN1CCC(F)(F)F. The number of nitrogens with zero attached hydrogens (tertiary/aromatic N) is 1. The van der Waals surface area contributed by atoms with Crippen LogP contribution in [0, 0.1) is 6.42 Å². The Morgan fingerprint density at radius 2 is 2.23 bits per heavy atom. The smallest absolute Gasteiger partial charge is 0.368 e. The van der Waals surface area contributed by atoms with E-state index < -0.39 is 24.5 Å². The minimum atomic E-state index is -4.17. The van der Waals surface area contributed by atoms with Gasteiger partial charge < -0.3 is 5.73 Å². The summed E-state index contributed by atoms with van der Waals surface area (Å²) in [5.74, 6) is -0.589. The number of nitrogens with two attached hydrogens (primary N) is 1. The van der Waals surface area contributed by atoms with Crippen LogP contribution in [0.4, 0.5) is 13.2 Å². The summed E-state index contributed by atoms with van der Waals surface area (Å²) >= 11 is 0. The molecular formula is C7H10F3N2O. The van der Waals surface area contributed by atoms with Crippen molar-refractivity contribution in [3.8, 4) is 0 Å². The molecule has 1 saturated heterocycles. The van der Waals surface area contributed by atoms with Crippen LogP contribution in [0.3, 0.4) is 0 Å². The van der Waals surface area contributed by atoms with Crippen LogP contribution < -0.4 is 5.73 Å². The van der Waals surface area contributed by atoms with E-state index in [0.717, 1.165) is 0 Å². The van der Waals surface area contributed by atoms with Gasteiger partial charge in [-0.1, -0.05) is 0 Å². The van der Waals surface area contributed by atoms with E-state index >= 15 is 0 Å². The lowest BCUT2D eigenvalue weighted by Gasteiger charge is -2.38. The van der Waals surface area contributed by atoms with Gasteiger partial charge in [0.05, 0.1) is 12.5 Å². The Kier molecular flexibility index (Phi) is 2.80. The highest BCUT2D eigenvalue weighted by molar-refractivity contribution is 5.82. The molecular weight excluding hydrogens is 185 g/mol. The van der Waals surface area contributed by atoms with E-state index in [1.807, 2.05) is 0 Å². The standard InChI is InChI=1S/C7H10F3N2O/c8-7(9,10)2-4-12-3-1-5(12)6(11)13/h1,5H,2-4H2,(H2,11,13). The van der Waals surface area contributed by atoms with E-state index in [0.29, 0.717) is 6.54 Å². The highest BCUT2D eigenvalue weighted by Crippen LogP contribution is 2.23. The number of carbonyl (C=O) groups excluding carboxylic acids is 1. The second-order valence-corrected chi connectivity index (χ2v) is 2.94. The van der Waals surface area contributed by atoms with Gasteiger partial charge in [0.15, 0.2) is 0 Å². The predicted molar refractivity (Wildman–Crippen MR) is 39.5 cm³/mol. The fraction of sp³-hybridized carbons (Fsp3) is 0.714. The average molecular weight is 195 g/mol. The predicted octanol–water partition coefficient (Wildman–Crippen LogP) is 0.313. The van der Waals surface area contributed by atoms with Crippen molar-refractivity contribution in [1.82, 2.24) is 4.90 Å². The molecule has 1 radical (unpaired) electrons. The molecule has 3 nitrogen and oxygen atoms in total. The summed E-state index contributed by atoms with van der Waals surface area (Å²) < 4.78 is 35.3. The monoisotopic (exact) mass is 195 g/mol. The number of primary amides is 1. The number of hydrogen-bond acceptors (Lipinski definition) is 2. The number of amides is 1. The molecule has 0 aliphatic carbocycles. The first-order valence-electron chi connectivity index (χ1n) is 3.83. The van der Waals surface area contributed by atoms with Gasteiger partial charge in [-0.2, -0.15) is 13.2 Å². The molecule has 1 aliphatic rings. The molecule has 1 fully saturated rings. The first-order chi connectivity index (χ1) is 5.90. The minimum absolute atomic E-state index is 0.159. The van der Waals surface area contributed by atoms with Gasteiger partial charge in [-0.15, -0.1) is 0 Å². The normalized spacial score (nSPS) is 24.1. The lowest BCUT2D eigenvalue weighted by molar-refractivity contribution is -0.143. The van der Waals surface area contributed by atoms with Gasteiger partial charge in [0.25, 0.3) is 0 Å². The van der Waals surface area contributed by atoms with E-state index in [4.69, 9.17) is 5.73 Å². The molecule has 0 aromatic carbocycles. The third-order valence-corrected chi connectivity index (χ3v) is 1.93. The molecule has 6 heteroatoms. The molecule has 0 aromatic rings. The van der Waals surface area contributed by atoms with Gasteiger partial charge in [0, 0.05) is 19.5 Å². The van der Waals surface area contributed by atoms with Crippen LogP contribution in [0.1, 0.15) is 6.42 Å². The summed E-state index contributed by atoms with van der Waals surface area (Å²) in [7, 11) is 0. The van der Waals surface area contributed by atoms with Crippen molar-refractivity contribution >= 4 is 5.91 Å². The zero-order valence-electron chi connectivity index (χ0n) is 6.84. The van der Waals surface area contributed by atoms with Gasteiger partial charge in [-0.25, -0.2) is 0 Å². The molecule has 13 heavy (non-hydrogen) atoms. The minimum Gasteiger partial charge on any atom is -0.368 e. The van der Waals surface area contributed by atoms with E-state index in [1.54, 1.807) is 6.42 Å². The largest absolute Gasteiger partial charge is 0.390 e. The van der Waals surface area contributed by atoms with Crippen molar-refractivity contribution in [1.29, 1.82) is 0 Å². The molecule has 0 aromatic heterocycles. The third-order valence-electron chi connectivity index (χ3n) is 1.93. The molecule has 1 atom stereocenters. The zero-order chi connectivity index (χ0) is 10.1. The summed E-state index contributed by atoms with van der Waals surface area (Å²) in [4.78, 5) is 12.0. The highest BCUT2D eigenvalue weighted by atomic mass is 19.4. The number of carbonyl (C=O) groups is 1. The van der Waals surface area contributed by atoms with Crippen LogP contribution >= 0.6 is 0 Å². The Morgan fingerprint density at radius 1 is 1.62 bits per heavy atom. The Hall–Kier alpha value is -0.780. The number of hydrogen-bond donors (Lipinski definition) is 1. The first-order valence-corrected chi connectivity index (χ1v) is 3.83. The quantitative estimate of drug-likeness (QED) is 0.704. The lowest BCUT2D eigenvalue weighted by Crippen LogP contribution is -2.56. The molecule has 0 bridgehead atoms. The molecule has 0 saturated carbocycles. The Bertz CT molecular complexity index is 204. The second-order valence-electron chi connectivity index (χ2n) is 2.94. The third kappa shape index (κ3) is 2.87. The zero-order valence-corrected chi connectivity index (χ0v) is 6.84. The fourth-order valence-electron chi connectivity index (χ4n) is 1.16. The van der Waals surface area contributed by atoms with E-state index in [-0.39, 0.29) is 6.54 Å². The topological polar surface area (TPSA) is 46.3 Å². The molecule has 1 unspecified atom stereocenters. The number of alkyl halides is 3. The van der Waals surface area contributed by atoms with Gasteiger partial charge >= 0.3 is 6.18 Å². The molecule has 75 valence electrons. The van der Waals surface area contributed by atoms with Gasteiger partial charge in [-0.05, 0) is 0 Å². The first kappa shape index (κ1) is 10.3. The molecule has 1 rings (SSSR count). The van der Waals surface area contributed by atoms with Crippen LogP contribution in [0.5, 0.6) is 0 Å². The summed E-state index contributed by atoms with van der Waals surface area (Å²) in [6.07, 6.45) is -3.47. The second kappa shape index (κ2) is 3.53. The molecule has 1 amide bonds. The lowest BCUT2D eigenvalue weighted by atomic mass is 10.0. The molecule has 0 spiro atoms. The van der Waals surface area contributed by atoms with Gasteiger partial charge in [0.2, 0.25) is 5.91 Å². The average Bonchev–Trinajstić information content (AvgIpc) is 1.79. The van der Waals surface area contributed by atoms with E-state index in [2.05, 4.69) is 0 Å². The Balaban J connectivity index is 2.27. The van der Waals surface area contributed by atoms with Crippen LogP contribution in [-0.4, -0.2) is 36.1 Å². The number of halogens is 3. The van der Waals surface area contributed by atoms with E-state index in [9.17, 15) is 18.0 Å². The highest BCUT2D eigenvalue weighted by Gasteiger charge is 2.36. The van der Waals surface area contributed by atoms with E-state index in [1.165, 1.54) is 4.90 Å². The maximum absolute atomic E-state index is 11.8. The Morgan fingerprint density at radius 3 is 2.54 bits per heavy atom.